The topological polar surface area (TPSA) is 65.3 Å². The third-order valence-corrected chi connectivity index (χ3v) is 3.96. The van der Waals surface area contributed by atoms with Gasteiger partial charge in [-0.15, -0.1) is 0 Å². The van der Waals surface area contributed by atoms with Gasteiger partial charge in [0.1, 0.15) is 11.8 Å². The molecule has 0 bridgehead atoms. The summed E-state index contributed by atoms with van der Waals surface area (Å²) in [5, 5.41) is 22.2. The van der Waals surface area contributed by atoms with E-state index in [2.05, 4.69) is 12.2 Å². The molecule has 4 nitrogen and oxygen atoms in total. The summed E-state index contributed by atoms with van der Waals surface area (Å²) in [7, 11) is 0. The van der Waals surface area contributed by atoms with Crippen molar-refractivity contribution >= 4 is 0 Å². The van der Waals surface area contributed by atoms with E-state index in [0.29, 0.717) is 12.3 Å². The van der Waals surface area contributed by atoms with E-state index >= 15 is 0 Å². The lowest BCUT2D eigenvalue weighted by molar-refractivity contribution is 0.0453. The van der Waals surface area contributed by atoms with Crippen LogP contribution in [0.4, 0.5) is 0 Å². The van der Waals surface area contributed by atoms with Gasteiger partial charge in [0.2, 0.25) is 0 Å². The van der Waals surface area contributed by atoms with Crippen molar-refractivity contribution in [2.24, 2.45) is 0 Å². The van der Waals surface area contributed by atoms with Crippen molar-refractivity contribution in [3.05, 3.63) is 29.8 Å². The van der Waals surface area contributed by atoms with E-state index in [0.717, 1.165) is 31.2 Å². The molecule has 1 saturated carbocycles. The molecule has 2 rings (SSSR count). The van der Waals surface area contributed by atoms with Crippen molar-refractivity contribution in [3.63, 3.8) is 0 Å². The molecular formula is C16H22N2O2. The second kappa shape index (κ2) is 6.74. The van der Waals surface area contributed by atoms with Crippen molar-refractivity contribution in [2.75, 3.05) is 13.2 Å². The molecule has 0 amide bonds. The zero-order valence-electron chi connectivity index (χ0n) is 11.9. The molecule has 0 spiro atoms. The number of nitriles is 1. The van der Waals surface area contributed by atoms with Crippen LogP contribution in [0.15, 0.2) is 24.3 Å². The van der Waals surface area contributed by atoms with Crippen LogP contribution in [-0.4, -0.2) is 23.9 Å². The van der Waals surface area contributed by atoms with E-state index in [9.17, 15) is 5.11 Å². The fourth-order valence-corrected chi connectivity index (χ4v) is 2.64. The van der Waals surface area contributed by atoms with Gasteiger partial charge in [0, 0.05) is 12.6 Å². The summed E-state index contributed by atoms with van der Waals surface area (Å²) in [5.41, 5.74) is 0.625. The van der Waals surface area contributed by atoms with Crippen molar-refractivity contribution < 1.29 is 9.84 Å². The molecule has 0 heterocycles. The van der Waals surface area contributed by atoms with Crippen molar-refractivity contribution in [1.82, 2.24) is 5.32 Å². The molecule has 0 aromatic heterocycles. The van der Waals surface area contributed by atoms with Crippen LogP contribution in [0.3, 0.4) is 0 Å². The first kappa shape index (κ1) is 14.8. The number of hydrogen-bond acceptors (Lipinski definition) is 4. The van der Waals surface area contributed by atoms with Crippen LogP contribution in [0.5, 0.6) is 5.75 Å². The summed E-state index contributed by atoms with van der Waals surface area (Å²) in [6.07, 6.45) is 4.04. The minimum atomic E-state index is -0.524. The highest BCUT2D eigenvalue weighted by molar-refractivity contribution is 5.29. The van der Waals surface area contributed by atoms with Gasteiger partial charge in [-0.05, 0) is 37.5 Å². The lowest BCUT2D eigenvalue weighted by Crippen LogP contribution is -2.39. The fourth-order valence-electron chi connectivity index (χ4n) is 2.64. The number of aliphatic hydroxyl groups is 1. The number of nitrogens with zero attached hydrogens (tertiary/aromatic N) is 1. The van der Waals surface area contributed by atoms with Gasteiger partial charge in [-0.1, -0.05) is 25.0 Å². The van der Waals surface area contributed by atoms with E-state index in [4.69, 9.17) is 10.00 Å². The second-order valence-corrected chi connectivity index (χ2v) is 5.55. The third kappa shape index (κ3) is 3.96. The summed E-state index contributed by atoms with van der Waals surface area (Å²) in [4.78, 5) is 0. The minimum absolute atomic E-state index is 0.0696. The summed E-state index contributed by atoms with van der Waals surface area (Å²) < 4.78 is 5.23. The smallest absolute Gasteiger partial charge is 0.174 e. The molecule has 108 valence electrons. The maximum absolute atomic E-state index is 10.3. The van der Waals surface area contributed by atoms with Crippen LogP contribution >= 0.6 is 0 Å². The Bertz CT molecular complexity index is 458. The molecule has 4 heteroatoms. The molecule has 2 N–H and O–H groups in total. The normalized spacial score (nSPS) is 18.4. The Hall–Kier alpha value is -1.57. The predicted octanol–water partition coefficient (Wildman–Crippen LogP) is 2.54. The van der Waals surface area contributed by atoms with Gasteiger partial charge in [0.25, 0.3) is 0 Å². The number of hydrogen-bond donors (Lipinski definition) is 2. The molecule has 1 aliphatic carbocycles. The highest BCUT2D eigenvalue weighted by Crippen LogP contribution is 2.29. The third-order valence-electron chi connectivity index (χ3n) is 3.96. The SMILES string of the molecule is CC(NCC1(O)CCCC1)c1ccc(OCC#N)cc1. The number of ether oxygens (including phenoxy) is 1. The maximum atomic E-state index is 10.3. The standard InChI is InChI=1S/C16H22N2O2/c1-13(18-12-16(19)8-2-3-9-16)14-4-6-15(7-5-14)20-11-10-17/h4-7,13,18-19H,2-3,8-9,11-12H2,1H3. The van der Waals surface area contributed by atoms with Gasteiger partial charge in [-0.2, -0.15) is 5.26 Å². The first-order valence-electron chi connectivity index (χ1n) is 7.18. The van der Waals surface area contributed by atoms with Gasteiger partial charge in [-0.3, -0.25) is 0 Å². The average molecular weight is 274 g/mol. The van der Waals surface area contributed by atoms with Crippen LogP contribution in [0.1, 0.15) is 44.2 Å². The average Bonchev–Trinajstić information content (AvgIpc) is 2.90. The van der Waals surface area contributed by atoms with E-state index in [1.807, 2.05) is 30.3 Å². The Balaban J connectivity index is 1.85. The van der Waals surface area contributed by atoms with Gasteiger partial charge in [-0.25, -0.2) is 0 Å². The number of nitrogens with one attached hydrogen (secondary N) is 1. The number of benzene rings is 1. The Kier molecular flexibility index (Phi) is 4.99. The quantitative estimate of drug-likeness (QED) is 0.836. The minimum Gasteiger partial charge on any atom is -0.479 e. The molecule has 20 heavy (non-hydrogen) atoms. The van der Waals surface area contributed by atoms with Crippen LogP contribution in [-0.2, 0) is 0 Å². The van der Waals surface area contributed by atoms with Gasteiger partial charge in [0.05, 0.1) is 5.60 Å². The van der Waals surface area contributed by atoms with E-state index in [-0.39, 0.29) is 12.6 Å². The van der Waals surface area contributed by atoms with Crippen LogP contribution in [0.2, 0.25) is 0 Å². The summed E-state index contributed by atoms with van der Waals surface area (Å²) in [6, 6.07) is 9.85. The van der Waals surface area contributed by atoms with Crippen LogP contribution in [0, 0.1) is 11.3 Å². The first-order valence-corrected chi connectivity index (χ1v) is 7.18. The zero-order chi connectivity index (χ0) is 14.4. The molecule has 0 saturated heterocycles. The van der Waals surface area contributed by atoms with E-state index in [1.165, 1.54) is 0 Å². The van der Waals surface area contributed by atoms with Crippen molar-refractivity contribution in [3.8, 4) is 11.8 Å². The van der Waals surface area contributed by atoms with E-state index in [1.54, 1.807) is 0 Å². The molecule has 1 atom stereocenters. The predicted molar refractivity (Wildman–Crippen MR) is 77.4 cm³/mol. The van der Waals surface area contributed by atoms with Crippen LogP contribution in [0.25, 0.3) is 0 Å². The molecular weight excluding hydrogens is 252 g/mol. The molecule has 1 aromatic carbocycles. The van der Waals surface area contributed by atoms with Gasteiger partial charge < -0.3 is 15.2 Å². The largest absolute Gasteiger partial charge is 0.479 e. The van der Waals surface area contributed by atoms with Crippen molar-refractivity contribution in [2.45, 2.75) is 44.2 Å². The monoisotopic (exact) mass is 274 g/mol. The maximum Gasteiger partial charge on any atom is 0.174 e. The fraction of sp³-hybridized carbons (Fsp3) is 0.562. The van der Waals surface area contributed by atoms with Gasteiger partial charge in [0.15, 0.2) is 6.61 Å². The zero-order valence-corrected chi connectivity index (χ0v) is 11.9. The van der Waals surface area contributed by atoms with Crippen LogP contribution < -0.4 is 10.1 Å². The Morgan fingerprint density at radius 1 is 1.35 bits per heavy atom. The summed E-state index contributed by atoms with van der Waals surface area (Å²) >= 11 is 0. The lowest BCUT2D eigenvalue weighted by Gasteiger charge is -2.25. The second-order valence-electron chi connectivity index (χ2n) is 5.55. The molecule has 0 aliphatic heterocycles. The molecule has 1 aromatic rings. The summed E-state index contributed by atoms with van der Waals surface area (Å²) in [6.45, 7) is 2.80. The Labute approximate surface area is 120 Å². The molecule has 1 aliphatic rings. The Morgan fingerprint density at radius 2 is 2.00 bits per heavy atom. The van der Waals surface area contributed by atoms with E-state index < -0.39 is 5.60 Å². The van der Waals surface area contributed by atoms with Gasteiger partial charge >= 0.3 is 0 Å². The molecule has 0 radical (unpaired) electrons. The number of rotatable bonds is 6. The first-order chi connectivity index (χ1) is 9.63. The molecule has 1 fully saturated rings. The lowest BCUT2D eigenvalue weighted by atomic mass is 10.0. The van der Waals surface area contributed by atoms with Crippen molar-refractivity contribution in [1.29, 1.82) is 5.26 Å². The Morgan fingerprint density at radius 3 is 2.60 bits per heavy atom. The molecule has 1 unspecified atom stereocenters. The highest BCUT2D eigenvalue weighted by atomic mass is 16.5. The summed E-state index contributed by atoms with van der Waals surface area (Å²) in [5.74, 6) is 0.705. The highest BCUT2D eigenvalue weighted by Gasteiger charge is 2.30.